The van der Waals surface area contributed by atoms with Gasteiger partial charge in [-0.2, -0.15) is 0 Å². The minimum absolute atomic E-state index is 0.323. The lowest BCUT2D eigenvalue weighted by Gasteiger charge is -2.36. The van der Waals surface area contributed by atoms with Crippen molar-refractivity contribution in [1.82, 2.24) is 15.3 Å². The lowest BCUT2D eigenvalue weighted by atomic mass is 10.0. The molecule has 1 unspecified atom stereocenters. The number of hydroxylamine groups is 1. The number of piperazine rings is 1. The fourth-order valence-electron chi connectivity index (χ4n) is 2.71. The molecular weight excluding hydrogens is 320 g/mol. The van der Waals surface area contributed by atoms with E-state index < -0.39 is 11.6 Å². The first-order valence-electron chi connectivity index (χ1n) is 8.47. The first-order chi connectivity index (χ1) is 11.7. The van der Waals surface area contributed by atoms with Crippen LogP contribution in [0.1, 0.15) is 42.7 Å². The maximum Gasteiger partial charge on any atom is 0.274 e. The van der Waals surface area contributed by atoms with Gasteiger partial charge in [0.15, 0.2) is 0 Å². The Morgan fingerprint density at radius 1 is 1.12 bits per heavy atom. The molecule has 138 valence electrons. The largest absolute Gasteiger partial charge is 0.368 e. The molecule has 0 aliphatic carbocycles. The summed E-state index contributed by atoms with van der Waals surface area (Å²) in [5.74, 6) is -0.700. The van der Waals surface area contributed by atoms with Crippen LogP contribution >= 0.6 is 0 Å². The van der Waals surface area contributed by atoms with Gasteiger partial charge in [-0.3, -0.25) is 19.3 Å². The summed E-state index contributed by atoms with van der Waals surface area (Å²) in [6, 6.07) is 6.45. The third-order valence-electron chi connectivity index (χ3n) is 4.11. The molecule has 0 aromatic heterocycles. The fraction of sp³-hybridized carbons (Fsp3) is 0.556. The zero-order valence-corrected chi connectivity index (χ0v) is 15.4. The number of amides is 2. The predicted octanol–water partition coefficient (Wildman–Crippen LogP) is 0.920. The minimum Gasteiger partial charge on any atom is -0.368 e. The second-order valence-electron chi connectivity index (χ2n) is 7.41. The zero-order chi connectivity index (χ0) is 18.6. The Bertz CT molecular complexity index is 602. The molecule has 0 radical (unpaired) electrons. The van der Waals surface area contributed by atoms with E-state index in [0.717, 1.165) is 31.7 Å². The number of hydrogen-bond donors (Lipinski definition) is 2. The monoisotopic (exact) mass is 348 g/mol. The highest BCUT2D eigenvalue weighted by atomic mass is 16.7. The number of hydrogen-bond acceptors (Lipinski definition) is 5. The molecule has 1 aliphatic heterocycles. The average molecular weight is 348 g/mol. The molecule has 2 rings (SSSR count). The van der Waals surface area contributed by atoms with Gasteiger partial charge in [-0.25, -0.2) is 5.48 Å². The van der Waals surface area contributed by atoms with E-state index in [9.17, 15) is 9.59 Å². The van der Waals surface area contributed by atoms with Crippen LogP contribution in [0.3, 0.4) is 0 Å². The topological polar surface area (TPSA) is 87.9 Å². The molecule has 7 nitrogen and oxygen atoms in total. The molecule has 1 aromatic carbocycles. The van der Waals surface area contributed by atoms with Gasteiger partial charge in [-0.15, -0.1) is 0 Å². The van der Waals surface area contributed by atoms with E-state index >= 15 is 0 Å². The van der Waals surface area contributed by atoms with Gasteiger partial charge in [0.2, 0.25) is 5.91 Å². The van der Waals surface area contributed by atoms with Crippen LogP contribution in [0.4, 0.5) is 0 Å². The van der Waals surface area contributed by atoms with Gasteiger partial charge in [0.05, 0.1) is 5.60 Å². The van der Waals surface area contributed by atoms with E-state index in [0.29, 0.717) is 5.56 Å². The van der Waals surface area contributed by atoms with Crippen LogP contribution in [-0.4, -0.2) is 60.4 Å². The summed E-state index contributed by atoms with van der Waals surface area (Å²) in [4.78, 5) is 33.7. The van der Waals surface area contributed by atoms with Crippen molar-refractivity contribution in [3.05, 3.63) is 35.4 Å². The van der Waals surface area contributed by atoms with E-state index in [1.807, 2.05) is 20.8 Å². The second kappa shape index (κ2) is 7.95. The number of nitrogens with one attached hydrogen (secondary N) is 1. The summed E-state index contributed by atoms with van der Waals surface area (Å²) in [7, 11) is 2.06. The van der Waals surface area contributed by atoms with Crippen molar-refractivity contribution in [3.8, 4) is 0 Å². The molecule has 25 heavy (non-hydrogen) atoms. The highest BCUT2D eigenvalue weighted by Crippen LogP contribution is 2.22. The summed E-state index contributed by atoms with van der Waals surface area (Å²) < 4.78 is 0. The zero-order valence-electron chi connectivity index (χ0n) is 15.4. The van der Waals surface area contributed by atoms with Crippen molar-refractivity contribution in [2.24, 2.45) is 5.73 Å². The van der Waals surface area contributed by atoms with Crippen LogP contribution in [-0.2, 0) is 9.63 Å². The number of benzene rings is 1. The molecule has 1 saturated heterocycles. The SMILES string of the molecule is CN1CCN(C(C(N)=O)c2ccc(C(=O)NOC(C)(C)C)cc2)CC1. The van der Waals surface area contributed by atoms with Crippen LogP contribution in [0.15, 0.2) is 24.3 Å². The average Bonchev–Trinajstić information content (AvgIpc) is 2.54. The third kappa shape index (κ3) is 5.52. The Kier molecular flexibility index (Phi) is 6.16. The highest BCUT2D eigenvalue weighted by Gasteiger charge is 2.28. The molecule has 3 N–H and O–H groups in total. The highest BCUT2D eigenvalue weighted by molar-refractivity contribution is 5.93. The molecule has 1 heterocycles. The van der Waals surface area contributed by atoms with E-state index in [2.05, 4.69) is 22.3 Å². The number of likely N-dealkylation sites (N-methyl/N-ethyl adjacent to an activating group) is 1. The summed E-state index contributed by atoms with van der Waals surface area (Å²) in [5, 5.41) is 0. The first-order valence-corrected chi connectivity index (χ1v) is 8.47. The fourth-order valence-corrected chi connectivity index (χ4v) is 2.71. The van der Waals surface area contributed by atoms with Gasteiger partial charge in [-0.1, -0.05) is 12.1 Å². The van der Waals surface area contributed by atoms with Gasteiger partial charge in [0, 0.05) is 31.7 Å². The van der Waals surface area contributed by atoms with Crippen molar-refractivity contribution >= 4 is 11.8 Å². The quantitative estimate of drug-likeness (QED) is 0.773. The van der Waals surface area contributed by atoms with E-state index in [4.69, 9.17) is 10.6 Å². The molecule has 0 bridgehead atoms. The molecule has 1 fully saturated rings. The summed E-state index contributed by atoms with van der Waals surface area (Å²) in [5.41, 5.74) is 8.87. The number of primary amides is 1. The molecular formula is C18H28N4O3. The van der Waals surface area contributed by atoms with Gasteiger partial charge >= 0.3 is 0 Å². The Labute approximate surface area is 149 Å². The predicted molar refractivity (Wildman–Crippen MR) is 95.8 cm³/mol. The van der Waals surface area contributed by atoms with Crippen molar-refractivity contribution in [2.75, 3.05) is 33.2 Å². The molecule has 1 aliphatic rings. The number of nitrogens with zero attached hydrogens (tertiary/aromatic N) is 2. The van der Waals surface area contributed by atoms with Gasteiger partial charge in [-0.05, 0) is 45.5 Å². The summed E-state index contributed by atoms with van der Waals surface area (Å²) >= 11 is 0. The van der Waals surface area contributed by atoms with Crippen molar-refractivity contribution in [1.29, 1.82) is 0 Å². The molecule has 0 spiro atoms. The maximum absolute atomic E-state index is 12.1. The van der Waals surface area contributed by atoms with E-state index in [1.165, 1.54) is 0 Å². The summed E-state index contributed by atoms with van der Waals surface area (Å²) in [6.07, 6.45) is 0. The van der Waals surface area contributed by atoms with Crippen LogP contribution in [0.2, 0.25) is 0 Å². The third-order valence-corrected chi connectivity index (χ3v) is 4.11. The number of rotatable bonds is 5. The second-order valence-corrected chi connectivity index (χ2v) is 7.41. The molecule has 2 amide bonds. The normalized spacial score (nSPS) is 17.9. The molecule has 1 aromatic rings. The minimum atomic E-state index is -0.475. The number of carbonyl (C=O) groups excluding carboxylic acids is 2. The smallest absolute Gasteiger partial charge is 0.274 e. The molecule has 7 heteroatoms. The lowest BCUT2D eigenvalue weighted by molar-refractivity contribution is -0.124. The Balaban J connectivity index is 2.08. The first kappa shape index (κ1) is 19.4. The number of nitrogens with two attached hydrogens (primary N) is 1. The van der Waals surface area contributed by atoms with Gasteiger partial charge in [0.25, 0.3) is 5.91 Å². The van der Waals surface area contributed by atoms with Crippen molar-refractivity contribution < 1.29 is 14.4 Å². The Morgan fingerprint density at radius 3 is 2.16 bits per heavy atom. The lowest BCUT2D eigenvalue weighted by Crippen LogP contribution is -2.49. The molecule has 0 saturated carbocycles. The standard InChI is InChI=1S/C18H28N4O3/c1-18(2,3)25-20-17(24)14-7-5-13(6-8-14)15(16(19)23)22-11-9-21(4)10-12-22/h5-8,15H,9-12H2,1-4H3,(H2,19,23)(H,20,24). The van der Waals surface area contributed by atoms with Crippen LogP contribution in [0.5, 0.6) is 0 Å². The van der Waals surface area contributed by atoms with Crippen LogP contribution in [0.25, 0.3) is 0 Å². The molecule has 1 atom stereocenters. The van der Waals surface area contributed by atoms with Gasteiger partial charge < -0.3 is 10.6 Å². The van der Waals surface area contributed by atoms with Crippen LogP contribution in [0, 0.1) is 0 Å². The van der Waals surface area contributed by atoms with Crippen molar-refractivity contribution in [2.45, 2.75) is 32.4 Å². The number of carbonyl (C=O) groups is 2. The van der Waals surface area contributed by atoms with Crippen molar-refractivity contribution in [3.63, 3.8) is 0 Å². The Morgan fingerprint density at radius 2 is 1.68 bits per heavy atom. The summed E-state index contributed by atoms with van der Waals surface area (Å²) in [6.45, 7) is 8.91. The van der Waals surface area contributed by atoms with E-state index in [1.54, 1.807) is 24.3 Å². The Hall–Kier alpha value is -1.96. The van der Waals surface area contributed by atoms with E-state index in [-0.39, 0.29) is 11.8 Å². The maximum atomic E-state index is 12.1. The van der Waals surface area contributed by atoms with Crippen LogP contribution < -0.4 is 11.2 Å². The van der Waals surface area contributed by atoms with Gasteiger partial charge in [0.1, 0.15) is 6.04 Å².